The molecule has 0 N–H and O–H groups in total. The first-order chi connectivity index (χ1) is 14.4. The fourth-order valence-corrected chi connectivity index (χ4v) is 5.28. The Hall–Kier alpha value is -2.91. The van der Waals surface area contributed by atoms with E-state index in [4.69, 9.17) is 0 Å². The average Bonchev–Trinajstić information content (AvgIpc) is 3.06. The Bertz CT molecular complexity index is 1120. The summed E-state index contributed by atoms with van der Waals surface area (Å²) in [5, 5.41) is 13.6. The highest BCUT2D eigenvalue weighted by Crippen LogP contribution is 2.37. The number of fused-ring (bicyclic) bond motifs is 1. The van der Waals surface area contributed by atoms with Gasteiger partial charge in [0.25, 0.3) is 11.6 Å². The lowest BCUT2D eigenvalue weighted by Crippen LogP contribution is -2.34. The molecule has 1 aliphatic rings. The van der Waals surface area contributed by atoms with Crippen LogP contribution in [0.3, 0.4) is 0 Å². The molecule has 0 aliphatic carbocycles. The van der Waals surface area contributed by atoms with Gasteiger partial charge in [-0.05, 0) is 30.7 Å². The molecule has 2 aromatic carbocycles. The molecule has 7 nitrogen and oxygen atoms in total. The Morgan fingerprint density at radius 3 is 2.77 bits per heavy atom. The van der Waals surface area contributed by atoms with E-state index in [1.807, 2.05) is 43.6 Å². The van der Waals surface area contributed by atoms with E-state index in [1.54, 1.807) is 17.0 Å². The van der Waals surface area contributed by atoms with Crippen molar-refractivity contribution in [3.63, 3.8) is 0 Å². The Kier molecular flexibility index (Phi) is 5.74. The van der Waals surface area contributed by atoms with E-state index < -0.39 is 4.92 Å². The quantitative estimate of drug-likeness (QED) is 0.436. The fourth-order valence-electron chi connectivity index (χ4n) is 3.40. The summed E-state index contributed by atoms with van der Waals surface area (Å²) in [6.45, 7) is 3.60. The molecule has 0 saturated heterocycles. The second-order valence-electron chi connectivity index (χ2n) is 7.07. The number of aryl methyl sites for hydroxylation is 1. The zero-order valence-corrected chi connectivity index (χ0v) is 18.2. The van der Waals surface area contributed by atoms with Gasteiger partial charge in [-0.2, -0.15) is 0 Å². The van der Waals surface area contributed by atoms with Crippen molar-refractivity contribution in [2.24, 2.45) is 0 Å². The number of nitro benzene ring substituents is 1. The molecule has 9 heteroatoms. The Balaban J connectivity index is 1.61. The summed E-state index contributed by atoms with van der Waals surface area (Å²) in [4.78, 5) is 33.1. The molecule has 4 rings (SSSR count). The molecule has 0 spiro atoms. The number of nitrogens with zero attached hydrogens (tertiary/aromatic N) is 4. The van der Waals surface area contributed by atoms with Crippen LogP contribution in [0.1, 0.15) is 21.6 Å². The van der Waals surface area contributed by atoms with Gasteiger partial charge in [0.1, 0.15) is 0 Å². The normalized spacial score (nSPS) is 13.7. The summed E-state index contributed by atoms with van der Waals surface area (Å²) in [5.41, 5.74) is 3.29. The highest BCUT2D eigenvalue weighted by molar-refractivity contribution is 8.01. The predicted molar refractivity (Wildman–Crippen MR) is 119 cm³/mol. The third kappa shape index (κ3) is 4.17. The highest BCUT2D eigenvalue weighted by Gasteiger charge is 2.25. The molecule has 0 radical (unpaired) electrons. The van der Waals surface area contributed by atoms with Gasteiger partial charge in [-0.25, -0.2) is 4.98 Å². The largest absolute Gasteiger partial charge is 0.373 e. The molecular weight excluding hydrogens is 420 g/mol. The minimum absolute atomic E-state index is 0.0777. The lowest BCUT2D eigenvalue weighted by atomic mass is 10.1. The van der Waals surface area contributed by atoms with Gasteiger partial charge in [0, 0.05) is 55.1 Å². The number of hydrogen-bond acceptors (Lipinski definition) is 7. The number of amides is 1. The summed E-state index contributed by atoms with van der Waals surface area (Å²) in [6, 6.07) is 12.7. The van der Waals surface area contributed by atoms with Crippen molar-refractivity contribution in [3.05, 3.63) is 74.8 Å². The molecule has 0 unspecified atom stereocenters. The van der Waals surface area contributed by atoms with Crippen LogP contribution in [0.2, 0.25) is 0 Å². The fraction of sp³-hybridized carbons (Fsp3) is 0.238. The molecule has 1 aliphatic heterocycles. The monoisotopic (exact) mass is 440 g/mol. The summed E-state index contributed by atoms with van der Waals surface area (Å²) in [6.07, 6.45) is 0. The number of rotatable bonds is 4. The van der Waals surface area contributed by atoms with Gasteiger partial charge in [0.15, 0.2) is 4.34 Å². The third-order valence-electron chi connectivity index (χ3n) is 4.95. The molecule has 2 heterocycles. The van der Waals surface area contributed by atoms with Crippen LogP contribution in [0.15, 0.2) is 57.1 Å². The van der Waals surface area contributed by atoms with Gasteiger partial charge in [-0.1, -0.05) is 30.0 Å². The second-order valence-corrected chi connectivity index (χ2v) is 9.22. The van der Waals surface area contributed by atoms with E-state index in [1.165, 1.54) is 29.2 Å². The maximum Gasteiger partial charge on any atom is 0.284 e. The van der Waals surface area contributed by atoms with E-state index in [0.717, 1.165) is 21.3 Å². The van der Waals surface area contributed by atoms with Crippen LogP contribution in [0.5, 0.6) is 0 Å². The molecule has 1 amide bonds. The second kappa shape index (κ2) is 8.45. The zero-order chi connectivity index (χ0) is 21.3. The van der Waals surface area contributed by atoms with Crippen LogP contribution in [-0.4, -0.2) is 40.9 Å². The zero-order valence-electron chi connectivity index (χ0n) is 16.6. The number of benzene rings is 2. The average molecular weight is 441 g/mol. The van der Waals surface area contributed by atoms with E-state index >= 15 is 0 Å². The van der Waals surface area contributed by atoms with Crippen LogP contribution in [-0.2, 0) is 6.54 Å². The molecule has 0 fully saturated rings. The van der Waals surface area contributed by atoms with Crippen molar-refractivity contribution in [2.45, 2.75) is 22.7 Å². The van der Waals surface area contributed by atoms with Gasteiger partial charge in [-0.3, -0.25) is 14.9 Å². The molecule has 0 saturated carbocycles. The van der Waals surface area contributed by atoms with Crippen LogP contribution >= 0.6 is 23.1 Å². The van der Waals surface area contributed by atoms with E-state index in [9.17, 15) is 14.9 Å². The molecular formula is C21H20N4O3S2. The number of thiazole rings is 1. The van der Waals surface area contributed by atoms with Gasteiger partial charge >= 0.3 is 0 Å². The Morgan fingerprint density at radius 1 is 1.23 bits per heavy atom. The summed E-state index contributed by atoms with van der Waals surface area (Å²) in [7, 11) is 2.00. The van der Waals surface area contributed by atoms with Crippen LogP contribution in [0, 0.1) is 17.0 Å². The maximum atomic E-state index is 13.2. The van der Waals surface area contributed by atoms with Gasteiger partial charge < -0.3 is 9.80 Å². The van der Waals surface area contributed by atoms with Crippen molar-refractivity contribution in [1.29, 1.82) is 0 Å². The number of hydrogen-bond donors (Lipinski definition) is 0. The predicted octanol–water partition coefficient (Wildman–Crippen LogP) is 4.60. The van der Waals surface area contributed by atoms with E-state index in [-0.39, 0.29) is 11.6 Å². The van der Waals surface area contributed by atoms with Crippen molar-refractivity contribution in [1.82, 2.24) is 9.88 Å². The lowest BCUT2D eigenvalue weighted by molar-refractivity contribution is -0.387. The van der Waals surface area contributed by atoms with Crippen LogP contribution in [0.25, 0.3) is 0 Å². The molecule has 1 aromatic heterocycles. The smallest absolute Gasteiger partial charge is 0.284 e. The summed E-state index contributed by atoms with van der Waals surface area (Å²) >= 11 is 2.69. The molecule has 3 aromatic rings. The highest BCUT2D eigenvalue weighted by atomic mass is 32.2. The first-order valence-corrected chi connectivity index (χ1v) is 11.1. The van der Waals surface area contributed by atoms with Crippen LogP contribution < -0.4 is 4.90 Å². The van der Waals surface area contributed by atoms with Gasteiger partial charge in [0.05, 0.1) is 9.82 Å². The summed E-state index contributed by atoms with van der Waals surface area (Å²) in [5.74, 6) is -0.204. The van der Waals surface area contributed by atoms with Crippen molar-refractivity contribution < 1.29 is 9.72 Å². The van der Waals surface area contributed by atoms with Gasteiger partial charge in [-0.15, -0.1) is 11.3 Å². The van der Waals surface area contributed by atoms with Gasteiger partial charge in [0.2, 0.25) is 0 Å². The standard InChI is InChI=1S/C21H20N4O3S2/c1-14-13-29-21(22-14)30-19-8-7-15(11-18(19)25(27)28)20(26)24-10-9-23(2)17-6-4-3-5-16(17)12-24/h3-8,11,13H,9-10,12H2,1-2H3. The number of para-hydroxylation sites is 1. The minimum atomic E-state index is -0.439. The Morgan fingerprint density at radius 2 is 2.03 bits per heavy atom. The topological polar surface area (TPSA) is 79.6 Å². The third-order valence-corrected chi connectivity index (χ3v) is 7.08. The SMILES string of the molecule is Cc1csc(Sc2ccc(C(=O)N3CCN(C)c4ccccc4C3)cc2[N+](=O)[O-])n1. The van der Waals surface area contributed by atoms with Crippen molar-refractivity contribution in [3.8, 4) is 0 Å². The minimum Gasteiger partial charge on any atom is -0.373 e. The molecule has 30 heavy (non-hydrogen) atoms. The first kappa shape index (κ1) is 20.4. The molecule has 0 bridgehead atoms. The van der Waals surface area contributed by atoms with Crippen LogP contribution in [0.4, 0.5) is 11.4 Å². The number of nitro groups is 1. The van der Waals surface area contributed by atoms with E-state index in [0.29, 0.717) is 30.1 Å². The number of likely N-dealkylation sites (N-methyl/N-ethyl adjacent to an activating group) is 1. The summed E-state index contributed by atoms with van der Waals surface area (Å²) < 4.78 is 0.738. The Labute approximate surface area is 182 Å². The number of anilines is 1. The molecule has 0 atom stereocenters. The lowest BCUT2D eigenvalue weighted by Gasteiger charge is -2.21. The van der Waals surface area contributed by atoms with Crippen molar-refractivity contribution in [2.75, 3.05) is 25.0 Å². The number of aromatic nitrogens is 1. The van der Waals surface area contributed by atoms with E-state index in [2.05, 4.69) is 9.88 Å². The van der Waals surface area contributed by atoms with Crippen molar-refractivity contribution >= 4 is 40.4 Å². The first-order valence-electron chi connectivity index (χ1n) is 9.39. The molecule has 154 valence electrons. The number of carbonyl (C=O) groups excluding carboxylic acids is 1. The maximum absolute atomic E-state index is 13.2. The number of carbonyl (C=O) groups is 1.